The van der Waals surface area contributed by atoms with E-state index in [2.05, 4.69) is 0 Å². The number of aliphatic carboxylic acids is 2. The molecule has 66 valence electrons. The summed E-state index contributed by atoms with van der Waals surface area (Å²) in [6, 6.07) is 0. The Bertz CT molecular complexity index is 227. The van der Waals surface area contributed by atoms with Gasteiger partial charge in [-0.15, -0.1) is 0 Å². The van der Waals surface area contributed by atoms with E-state index in [1.807, 2.05) is 0 Å². The summed E-state index contributed by atoms with van der Waals surface area (Å²) >= 11 is 6.56. The number of hydrogen-bond acceptors (Lipinski definition) is 5. The Hall–Kier alpha value is -0.270. The van der Waals surface area contributed by atoms with Gasteiger partial charge in [-0.2, -0.15) is 0 Å². The first-order valence-electron chi connectivity index (χ1n) is 2.85. The van der Waals surface area contributed by atoms with Gasteiger partial charge in [0, 0.05) is 0 Å². The van der Waals surface area contributed by atoms with E-state index in [1.165, 1.54) is 0 Å². The van der Waals surface area contributed by atoms with Gasteiger partial charge in [-0.25, -0.2) is 0 Å². The molecular weight excluding hydrogens is 220 g/mol. The first-order chi connectivity index (χ1) is 5.52. The Kier molecular flexibility index (Phi) is 2.97. The van der Waals surface area contributed by atoms with Crippen molar-refractivity contribution >= 4 is 51.2 Å². The Morgan fingerprint density at radius 2 is 1.50 bits per heavy atom. The molecular formula is C5H4O4S3. The number of carboxylic acid groups (broad SMARTS) is 2. The SMILES string of the molecule is O=C(O)[C@H]1SC(=S)S[C@H]1C(=O)O. The van der Waals surface area contributed by atoms with Gasteiger partial charge >= 0.3 is 11.9 Å². The van der Waals surface area contributed by atoms with E-state index in [-0.39, 0.29) is 0 Å². The van der Waals surface area contributed by atoms with Crippen LogP contribution in [-0.4, -0.2) is 36.2 Å². The fourth-order valence-electron chi connectivity index (χ4n) is 0.719. The van der Waals surface area contributed by atoms with Crippen LogP contribution in [0.25, 0.3) is 0 Å². The molecule has 0 aromatic rings. The highest BCUT2D eigenvalue weighted by Gasteiger charge is 2.42. The summed E-state index contributed by atoms with van der Waals surface area (Å²) in [5, 5.41) is 15.3. The molecule has 7 heteroatoms. The highest BCUT2D eigenvalue weighted by atomic mass is 32.2. The molecule has 1 rings (SSSR count). The second-order valence-corrected chi connectivity index (χ2v) is 5.49. The van der Waals surface area contributed by atoms with Crippen LogP contribution in [0.2, 0.25) is 0 Å². The maximum absolute atomic E-state index is 10.5. The van der Waals surface area contributed by atoms with Gasteiger partial charge in [0.1, 0.15) is 14.0 Å². The van der Waals surface area contributed by atoms with Gasteiger partial charge in [0.05, 0.1) is 0 Å². The lowest BCUT2D eigenvalue weighted by atomic mass is 10.3. The van der Waals surface area contributed by atoms with Crippen LogP contribution in [0.3, 0.4) is 0 Å². The maximum Gasteiger partial charge on any atom is 0.318 e. The largest absolute Gasteiger partial charge is 0.480 e. The summed E-state index contributed by atoms with van der Waals surface area (Å²) in [6.45, 7) is 0. The van der Waals surface area contributed by atoms with E-state index >= 15 is 0 Å². The maximum atomic E-state index is 10.5. The zero-order valence-corrected chi connectivity index (χ0v) is 8.04. The average Bonchev–Trinajstić information content (AvgIpc) is 2.31. The minimum Gasteiger partial charge on any atom is -0.480 e. The fraction of sp³-hybridized carbons (Fsp3) is 0.400. The van der Waals surface area contributed by atoms with Gasteiger partial charge in [-0.1, -0.05) is 35.7 Å². The molecule has 0 aromatic carbocycles. The molecule has 2 N–H and O–H groups in total. The molecule has 0 bridgehead atoms. The molecule has 0 spiro atoms. The molecule has 0 aliphatic carbocycles. The lowest BCUT2D eigenvalue weighted by Crippen LogP contribution is -2.31. The molecule has 4 nitrogen and oxygen atoms in total. The topological polar surface area (TPSA) is 74.6 Å². The molecule has 0 aromatic heterocycles. The van der Waals surface area contributed by atoms with Crippen molar-refractivity contribution in [1.82, 2.24) is 0 Å². The van der Waals surface area contributed by atoms with Gasteiger partial charge in [0.25, 0.3) is 0 Å². The summed E-state index contributed by atoms with van der Waals surface area (Å²) in [6.07, 6.45) is 0. The minimum absolute atomic E-state index is 0.384. The Morgan fingerprint density at radius 3 is 1.75 bits per heavy atom. The molecule has 1 aliphatic heterocycles. The normalized spacial score (nSPS) is 28.8. The number of thiocarbonyl (C=S) groups is 1. The summed E-state index contributed by atoms with van der Waals surface area (Å²) in [5.41, 5.74) is 0. The third-order valence-corrected chi connectivity index (χ3v) is 4.38. The minimum atomic E-state index is -1.13. The summed E-state index contributed by atoms with van der Waals surface area (Å²) in [4.78, 5) is 21.0. The van der Waals surface area contributed by atoms with Crippen LogP contribution < -0.4 is 0 Å². The second kappa shape index (κ2) is 3.63. The van der Waals surface area contributed by atoms with Crippen molar-refractivity contribution in [3.63, 3.8) is 0 Å². The first-order valence-corrected chi connectivity index (χ1v) is 5.02. The van der Waals surface area contributed by atoms with Crippen molar-refractivity contribution in [2.45, 2.75) is 10.5 Å². The lowest BCUT2D eigenvalue weighted by Gasteiger charge is -2.06. The van der Waals surface area contributed by atoms with Gasteiger partial charge in [-0.05, 0) is 0 Å². The average molecular weight is 224 g/mol. The summed E-state index contributed by atoms with van der Waals surface area (Å²) in [5.74, 6) is -2.25. The van der Waals surface area contributed by atoms with Gasteiger partial charge in [0.15, 0.2) is 0 Å². The molecule has 12 heavy (non-hydrogen) atoms. The van der Waals surface area contributed by atoms with E-state index in [4.69, 9.17) is 22.4 Å². The van der Waals surface area contributed by atoms with Crippen molar-refractivity contribution in [3.05, 3.63) is 0 Å². The van der Waals surface area contributed by atoms with Crippen LogP contribution in [0.1, 0.15) is 0 Å². The van der Waals surface area contributed by atoms with Crippen LogP contribution in [0.15, 0.2) is 0 Å². The molecule has 1 fully saturated rings. The predicted molar refractivity (Wildman–Crippen MR) is 50.6 cm³/mol. The van der Waals surface area contributed by atoms with Crippen LogP contribution in [0.4, 0.5) is 0 Å². The van der Waals surface area contributed by atoms with Crippen LogP contribution >= 0.6 is 35.7 Å². The lowest BCUT2D eigenvalue weighted by molar-refractivity contribution is -0.142. The predicted octanol–water partition coefficient (Wildman–Crippen LogP) is 0.658. The van der Waals surface area contributed by atoms with Gasteiger partial charge in [0.2, 0.25) is 0 Å². The number of carbonyl (C=O) groups is 2. The zero-order chi connectivity index (χ0) is 9.30. The van der Waals surface area contributed by atoms with Crippen molar-refractivity contribution < 1.29 is 19.8 Å². The standard InChI is InChI=1S/C5H4O4S3/c6-3(7)1-2(4(8)9)12-5(10)11-1/h1-2H,(H,6,7)(H,8,9)/t1-,2+. The first kappa shape index (κ1) is 9.82. The van der Waals surface area contributed by atoms with Gasteiger partial charge < -0.3 is 10.2 Å². The highest BCUT2D eigenvalue weighted by molar-refractivity contribution is 8.50. The van der Waals surface area contributed by atoms with Gasteiger partial charge in [-0.3, -0.25) is 9.59 Å². The molecule has 1 heterocycles. The highest BCUT2D eigenvalue weighted by Crippen LogP contribution is 2.39. The molecule has 0 unspecified atom stereocenters. The molecule has 1 saturated heterocycles. The van der Waals surface area contributed by atoms with Crippen molar-refractivity contribution in [1.29, 1.82) is 0 Å². The number of carboxylic acids is 2. The smallest absolute Gasteiger partial charge is 0.318 e. The molecule has 0 radical (unpaired) electrons. The Morgan fingerprint density at radius 1 is 1.17 bits per heavy atom. The van der Waals surface area contributed by atoms with E-state index in [9.17, 15) is 9.59 Å². The van der Waals surface area contributed by atoms with Crippen molar-refractivity contribution in [2.24, 2.45) is 0 Å². The monoisotopic (exact) mass is 224 g/mol. The second-order valence-electron chi connectivity index (χ2n) is 2.00. The quantitative estimate of drug-likeness (QED) is 0.667. The molecule has 2 atom stereocenters. The van der Waals surface area contributed by atoms with Crippen LogP contribution in [0, 0.1) is 0 Å². The number of rotatable bonds is 2. The van der Waals surface area contributed by atoms with E-state index in [1.54, 1.807) is 0 Å². The van der Waals surface area contributed by atoms with E-state index < -0.39 is 22.4 Å². The van der Waals surface area contributed by atoms with Crippen molar-refractivity contribution in [2.75, 3.05) is 0 Å². The molecule has 0 amide bonds. The fourth-order valence-corrected chi connectivity index (χ4v) is 3.61. The molecule has 0 saturated carbocycles. The Labute approximate surface area is 81.7 Å². The Balaban J connectivity index is 2.79. The van der Waals surface area contributed by atoms with Crippen LogP contribution in [0.5, 0.6) is 0 Å². The van der Waals surface area contributed by atoms with E-state index in [0.717, 1.165) is 23.5 Å². The van der Waals surface area contributed by atoms with Crippen molar-refractivity contribution in [3.8, 4) is 0 Å². The van der Waals surface area contributed by atoms with Crippen LogP contribution in [-0.2, 0) is 9.59 Å². The third-order valence-electron chi connectivity index (χ3n) is 1.21. The number of thioether (sulfide) groups is 2. The van der Waals surface area contributed by atoms with E-state index in [0.29, 0.717) is 3.53 Å². The third kappa shape index (κ3) is 1.90. The zero-order valence-electron chi connectivity index (χ0n) is 5.59. The molecule has 1 aliphatic rings. The summed E-state index contributed by atoms with van der Waals surface area (Å²) < 4.78 is 0.384. The summed E-state index contributed by atoms with van der Waals surface area (Å²) in [7, 11) is 0. The number of hydrogen-bond donors (Lipinski definition) is 2.